The number of rotatable bonds is 11. The van der Waals surface area contributed by atoms with Gasteiger partial charge in [0.05, 0.1) is 0 Å². The first-order valence-electron chi connectivity index (χ1n) is 7.26. The Morgan fingerprint density at radius 2 is 1.59 bits per heavy atom. The molecule has 1 atom stereocenters. The predicted octanol–water partition coefficient (Wildman–Crippen LogP) is 5.02. The van der Waals surface area contributed by atoms with Crippen molar-refractivity contribution in [2.45, 2.75) is 85.0 Å². The van der Waals surface area contributed by atoms with Crippen LogP contribution < -0.4 is 0 Å². The highest BCUT2D eigenvalue weighted by atomic mass is 16.4. The van der Waals surface area contributed by atoms with E-state index in [-0.39, 0.29) is 0 Å². The molecule has 2 nitrogen and oxygen atoms in total. The summed E-state index contributed by atoms with van der Waals surface area (Å²) in [5.74, 6) is -0.661. The maximum atomic E-state index is 10.4. The van der Waals surface area contributed by atoms with Crippen LogP contribution in [0.4, 0.5) is 0 Å². The van der Waals surface area contributed by atoms with Crippen LogP contribution in [0.3, 0.4) is 0 Å². The topological polar surface area (TPSA) is 37.3 Å². The first-order chi connectivity index (χ1) is 8.04. The molecule has 0 aliphatic heterocycles. The quantitative estimate of drug-likeness (QED) is 0.517. The zero-order valence-corrected chi connectivity index (χ0v) is 11.9. The minimum atomic E-state index is -0.661. The van der Waals surface area contributed by atoms with Crippen molar-refractivity contribution in [2.75, 3.05) is 0 Å². The first kappa shape index (κ1) is 16.5. The van der Waals surface area contributed by atoms with Crippen molar-refractivity contribution >= 4 is 5.97 Å². The third-order valence-electron chi connectivity index (χ3n) is 3.91. The Labute approximate surface area is 107 Å². The van der Waals surface area contributed by atoms with Gasteiger partial charge in [0, 0.05) is 6.42 Å². The second kappa shape index (κ2) is 9.49. The Morgan fingerprint density at radius 1 is 1.00 bits per heavy atom. The van der Waals surface area contributed by atoms with E-state index in [1.165, 1.54) is 44.9 Å². The molecule has 0 aromatic heterocycles. The lowest BCUT2D eigenvalue weighted by Crippen LogP contribution is -2.15. The summed E-state index contributed by atoms with van der Waals surface area (Å²) in [7, 11) is 0. The van der Waals surface area contributed by atoms with Gasteiger partial charge in [0.25, 0.3) is 0 Å². The van der Waals surface area contributed by atoms with E-state index in [0.717, 1.165) is 12.8 Å². The monoisotopic (exact) mass is 242 g/mol. The number of carbonyl (C=O) groups is 1. The molecule has 0 saturated heterocycles. The highest BCUT2D eigenvalue weighted by molar-refractivity contribution is 5.66. The molecule has 1 unspecified atom stereocenters. The Bertz CT molecular complexity index is 201. The maximum absolute atomic E-state index is 10.4. The lowest BCUT2D eigenvalue weighted by Gasteiger charge is -2.28. The van der Waals surface area contributed by atoms with Crippen LogP contribution in [0.2, 0.25) is 0 Å². The molecule has 0 spiro atoms. The number of hydrogen-bond donors (Lipinski definition) is 1. The molecule has 0 saturated carbocycles. The van der Waals surface area contributed by atoms with Crippen LogP contribution in [0.15, 0.2) is 0 Å². The standard InChI is InChI=1S/C15H30O2/c1-4-6-7-9-12-15(3,5-2)13-10-8-11-14(16)17/h4-13H2,1-3H3,(H,16,17). The van der Waals surface area contributed by atoms with Crippen molar-refractivity contribution < 1.29 is 9.90 Å². The SMILES string of the molecule is CCCCCCC(C)(CC)CCCCC(=O)O. The minimum absolute atomic E-state index is 0.329. The molecule has 0 fully saturated rings. The van der Waals surface area contributed by atoms with Gasteiger partial charge in [-0.25, -0.2) is 0 Å². The fourth-order valence-corrected chi connectivity index (χ4v) is 2.29. The van der Waals surface area contributed by atoms with Crippen molar-refractivity contribution in [1.82, 2.24) is 0 Å². The highest BCUT2D eigenvalue weighted by Gasteiger charge is 2.20. The van der Waals surface area contributed by atoms with Crippen LogP contribution in [0, 0.1) is 5.41 Å². The van der Waals surface area contributed by atoms with Crippen LogP contribution in [-0.4, -0.2) is 11.1 Å². The van der Waals surface area contributed by atoms with Gasteiger partial charge < -0.3 is 5.11 Å². The Kier molecular flexibility index (Phi) is 9.20. The van der Waals surface area contributed by atoms with Crippen molar-refractivity contribution in [3.63, 3.8) is 0 Å². The van der Waals surface area contributed by atoms with Gasteiger partial charge >= 0.3 is 5.97 Å². The van der Waals surface area contributed by atoms with E-state index in [9.17, 15) is 4.79 Å². The predicted molar refractivity (Wildman–Crippen MR) is 73.3 cm³/mol. The summed E-state index contributed by atoms with van der Waals surface area (Å²) in [5, 5.41) is 8.60. The van der Waals surface area contributed by atoms with E-state index < -0.39 is 5.97 Å². The summed E-state index contributed by atoms with van der Waals surface area (Å²) in [5.41, 5.74) is 0.437. The van der Waals surface area contributed by atoms with Gasteiger partial charge in [-0.3, -0.25) is 4.79 Å². The van der Waals surface area contributed by atoms with Gasteiger partial charge in [-0.05, 0) is 24.7 Å². The van der Waals surface area contributed by atoms with E-state index in [1.807, 2.05) is 0 Å². The molecule has 0 heterocycles. The molecule has 0 aliphatic carbocycles. The summed E-state index contributed by atoms with van der Waals surface area (Å²) in [6, 6.07) is 0. The first-order valence-corrected chi connectivity index (χ1v) is 7.26. The molecule has 0 aromatic rings. The average molecular weight is 242 g/mol. The largest absolute Gasteiger partial charge is 0.481 e. The fourth-order valence-electron chi connectivity index (χ4n) is 2.29. The van der Waals surface area contributed by atoms with Crippen molar-refractivity contribution in [3.05, 3.63) is 0 Å². The lowest BCUT2D eigenvalue weighted by molar-refractivity contribution is -0.137. The fraction of sp³-hybridized carbons (Fsp3) is 0.933. The van der Waals surface area contributed by atoms with E-state index in [4.69, 9.17) is 5.11 Å². The maximum Gasteiger partial charge on any atom is 0.303 e. The molecule has 0 rings (SSSR count). The molecule has 0 aliphatic rings. The molecule has 2 heteroatoms. The average Bonchev–Trinajstić information content (AvgIpc) is 2.30. The van der Waals surface area contributed by atoms with E-state index in [1.54, 1.807) is 0 Å². The molecule has 0 radical (unpaired) electrons. The number of carboxylic acids is 1. The third-order valence-corrected chi connectivity index (χ3v) is 3.91. The summed E-state index contributed by atoms with van der Waals surface area (Å²) in [6.07, 6.45) is 11.2. The smallest absolute Gasteiger partial charge is 0.303 e. The molecule has 0 amide bonds. The Morgan fingerprint density at radius 3 is 2.06 bits per heavy atom. The van der Waals surface area contributed by atoms with Gasteiger partial charge in [-0.2, -0.15) is 0 Å². The Balaban J connectivity index is 3.72. The molecular weight excluding hydrogens is 212 g/mol. The second-order valence-corrected chi connectivity index (χ2v) is 5.58. The van der Waals surface area contributed by atoms with Crippen LogP contribution in [0.5, 0.6) is 0 Å². The van der Waals surface area contributed by atoms with Crippen LogP contribution >= 0.6 is 0 Å². The van der Waals surface area contributed by atoms with Gasteiger partial charge in [0.2, 0.25) is 0 Å². The molecular formula is C15H30O2. The van der Waals surface area contributed by atoms with Crippen molar-refractivity contribution in [2.24, 2.45) is 5.41 Å². The van der Waals surface area contributed by atoms with Crippen LogP contribution in [0.25, 0.3) is 0 Å². The normalized spacial score (nSPS) is 14.5. The molecule has 17 heavy (non-hydrogen) atoms. The third kappa shape index (κ3) is 9.20. The summed E-state index contributed by atoms with van der Waals surface area (Å²) in [4.78, 5) is 10.4. The van der Waals surface area contributed by atoms with Gasteiger partial charge in [-0.1, -0.05) is 59.3 Å². The zero-order valence-electron chi connectivity index (χ0n) is 11.9. The Hall–Kier alpha value is -0.530. The van der Waals surface area contributed by atoms with Crippen molar-refractivity contribution in [3.8, 4) is 0 Å². The summed E-state index contributed by atoms with van der Waals surface area (Å²) in [6.45, 7) is 6.86. The number of hydrogen-bond acceptors (Lipinski definition) is 1. The lowest BCUT2D eigenvalue weighted by atomic mass is 9.78. The van der Waals surface area contributed by atoms with Gasteiger partial charge in [-0.15, -0.1) is 0 Å². The highest BCUT2D eigenvalue weighted by Crippen LogP contribution is 2.34. The number of unbranched alkanes of at least 4 members (excludes halogenated alkanes) is 4. The van der Waals surface area contributed by atoms with Crippen LogP contribution in [0.1, 0.15) is 85.0 Å². The molecule has 0 aromatic carbocycles. The number of aliphatic carboxylic acids is 1. The summed E-state index contributed by atoms with van der Waals surface area (Å²) < 4.78 is 0. The molecule has 1 N–H and O–H groups in total. The van der Waals surface area contributed by atoms with Crippen LogP contribution in [-0.2, 0) is 4.79 Å². The van der Waals surface area contributed by atoms with E-state index >= 15 is 0 Å². The number of carboxylic acid groups (broad SMARTS) is 1. The minimum Gasteiger partial charge on any atom is -0.481 e. The van der Waals surface area contributed by atoms with E-state index in [2.05, 4.69) is 20.8 Å². The molecule has 0 bridgehead atoms. The second-order valence-electron chi connectivity index (χ2n) is 5.58. The zero-order chi connectivity index (χ0) is 13.1. The summed E-state index contributed by atoms with van der Waals surface area (Å²) >= 11 is 0. The van der Waals surface area contributed by atoms with Gasteiger partial charge in [0.1, 0.15) is 0 Å². The molecule has 102 valence electrons. The van der Waals surface area contributed by atoms with E-state index in [0.29, 0.717) is 11.8 Å². The van der Waals surface area contributed by atoms with Crippen molar-refractivity contribution in [1.29, 1.82) is 0 Å². The van der Waals surface area contributed by atoms with Gasteiger partial charge in [0.15, 0.2) is 0 Å².